The molecule has 2 aliphatic carbocycles. The first-order chi connectivity index (χ1) is 13.0. The van der Waals surface area contributed by atoms with E-state index in [1.54, 1.807) is 16.7 Å². The third-order valence-electron chi connectivity index (χ3n) is 7.25. The van der Waals surface area contributed by atoms with Crippen LogP contribution in [0.2, 0.25) is 0 Å². The third-order valence-corrected chi connectivity index (χ3v) is 7.25. The predicted octanol–water partition coefficient (Wildman–Crippen LogP) is 7.08. The lowest BCUT2D eigenvalue weighted by atomic mass is 9.79. The van der Waals surface area contributed by atoms with Gasteiger partial charge in [0.05, 0.1) is 0 Å². The van der Waals surface area contributed by atoms with Gasteiger partial charge in [0.1, 0.15) is 0 Å². The van der Waals surface area contributed by atoms with Gasteiger partial charge in [-0.15, -0.1) is 0 Å². The van der Waals surface area contributed by atoms with Gasteiger partial charge in [-0.05, 0) is 100 Å². The molecule has 0 aliphatic heterocycles. The molecule has 0 bridgehead atoms. The van der Waals surface area contributed by atoms with E-state index < -0.39 is 0 Å². The summed E-state index contributed by atoms with van der Waals surface area (Å²) >= 11 is 0. The normalized spacial score (nSPS) is 27.4. The lowest BCUT2D eigenvalue weighted by Gasteiger charge is -2.26. The van der Waals surface area contributed by atoms with E-state index in [0.717, 1.165) is 12.3 Å². The molecular weight excluding hydrogens is 326 g/mol. The Bertz CT molecular complexity index is 640. The number of benzene rings is 1. The molecule has 1 nitrogen and oxygen atoms in total. The van der Waals surface area contributed by atoms with E-state index in [2.05, 4.69) is 45.0 Å². The standard InChI is InChI=1S/C26H41N/c1-4-26(27)16-15-25(19-26)24-14-13-22-17-21(11-12-23(22)18-24)10-8-6-5-7-9-20(2)3/h9,13-14,18,21,25H,4-8,10-12,15-17,19,27H2,1-3H3/t21-,25+,26-/m1/s1. The van der Waals surface area contributed by atoms with E-state index in [-0.39, 0.29) is 5.54 Å². The van der Waals surface area contributed by atoms with Crippen molar-refractivity contribution in [3.05, 3.63) is 46.5 Å². The molecule has 3 atom stereocenters. The van der Waals surface area contributed by atoms with Crippen LogP contribution in [0.25, 0.3) is 0 Å². The molecule has 150 valence electrons. The Morgan fingerprint density at radius 1 is 1.15 bits per heavy atom. The maximum atomic E-state index is 6.53. The van der Waals surface area contributed by atoms with Gasteiger partial charge >= 0.3 is 0 Å². The largest absolute Gasteiger partial charge is 0.325 e. The van der Waals surface area contributed by atoms with Crippen LogP contribution in [-0.2, 0) is 12.8 Å². The summed E-state index contributed by atoms with van der Waals surface area (Å²) in [4.78, 5) is 0. The zero-order valence-corrected chi connectivity index (χ0v) is 18.0. The fraction of sp³-hybridized carbons (Fsp3) is 0.692. The molecule has 0 heterocycles. The Morgan fingerprint density at radius 3 is 2.74 bits per heavy atom. The van der Waals surface area contributed by atoms with Crippen molar-refractivity contribution in [1.29, 1.82) is 0 Å². The summed E-state index contributed by atoms with van der Waals surface area (Å²) in [6, 6.07) is 7.41. The molecular formula is C26H41N. The predicted molar refractivity (Wildman–Crippen MR) is 118 cm³/mol. The number of unbranched alkanes of at least 4 members (excludes halogenated alkanes) is 3. The van der Waals surface area contributed by atoms with Crippen LogP contribution in [0.4, 0.5) is 0 Å². The molecule has 2 aliphatic rings. The van der Waals surface area contributed by atoms with Crippen LogP contribution in [0.3, 0.4) is 0 Å². The minimum absolute atomic E-state index is 0.0945. The summed E-state index contributed by atoms with van der Waals surface area (Å²) < 4.78 is 0. The fourth-order valence-electron chi connectivity index (χ4n) is 5.26. The molecule has 1 aromatic rings. The first-order valence-electron chi connectivity index (χ1n) is 11.5. The van der Waals surface area contributed by atoms with Crippen LogP contribution >= 0.6 is 0 Å². The second-order valence-corrected chi connectivity index (χ2v) is 9.71. The Morgan fingerprint density at radius 2 is 2.00 bits per heavy atom. The van der Waals surface area contributed by atoms with Crippen LogP contribution in [0.15, 0.2) is 29.8 Å². The van der Waals surface area contributed by atoms with Crippen molar-refractivity contribution in [3.63, 3.8) is 0 Å². The van der Waals surface area contributed by atoms with E-state index >= 15 is 0 Å². The van der Waals surface area contributed by atoms with Crippen molar-refractivity contribution < 1.29 is 0 Å². The Labute approximate surface area is 167 Å². The van der Waals surface area contributed by atoms with Crippen LogP contribution in [0.5, 0.6) is 0 Å². The van der Waals surface area contributed by atoms with Gasteiger partial charge in [-0.2, -0.15) is 0 Å². The van der Waals surface area contributed by atoms with Gasteiger partial charge in [0.2, 0.25) is 0 Å². The van der Waals surface area contributed by atoms with E-state index in [4.69, 9.17) is 5.73 Å². The summed E-state index contributed by atoms with van der Waals surface area (Å²) in [6.45, 7) is 6.65. The Kier molecular flexibility index (Phi) is 7.20. The van der Waals surface area contributed by atoms with Crippen molar-refractivity contribution in [3.8, 4) is 0 Å². The Hall–Kier alpha value is -1.08. The molecule has 0 saturated heterocycles. The van der Waals surface area contributed by atoms with Gasteiger partial charge in [0, 0.05) is 5.54 Å². The third kappa shape index (κ3) is 5.70. The quantitative estimate of drug-likeness (QED) is 0.385. The average molecular weight is 368 g/mol. The molecule has 0 radical (unpaired) electrons. The zero-order chi connectivity index (χ0) is 19.3. The average Bonchev–Trinajstić information content (AvgIpc) is 3.07. The van der Waals surface area contributed by atoms with Gasteiger partial charge in [-0.3, -0.25) is 0 Å². The van der Waals surface area contributed by atoms with Crippen LogP contribution in [-0.4, -0.2) is 5.54 Å². The van der Waals surface area contributed by atoms with E-state index in [1.165, 1.54) is 76.2 Å². The number of allylic oxidation sites excluding steroid dienone is 2. The highest BCUT2D eigenvalue weighted by Crippen LogP contribution is 2.42. The lowest BCUT2D eigenvalue weighted by Crippen LogP contribution is -2.35. The summed E-state index contributed by atoms with van der Waals surface area (Å²) in [5.74, 6) is 1.61. The summed E-state index contributed by atoms with van der Waals surface area (Å²) in [6.07, 6.45) is 18.0. The van der Waals surface area contributed by atoms with Crippen molar-refractivity contribution in [2.45, 2.75) is 109 Å². The first-order valence-corrected chi connectivity index (χ1v) is 11.5. The molecule has 0 spiro atoms. The van der Waals surface area contributed by atoms with Gasteiger partial charge in [-0.25, -0.2) is 0 Å². The molecule has 1 heteroatoms. The number of aryl methyl sites for hydroxylation is 1. The maximum absolute atomic E-state index is 6.53. The summed E-state index contributed by atoms with van der Waals surface area (Å²) in [5.41, 5.74) is 12.9. The van der Waals surface area contributed by atoms with Crippen molar-refractivity contribution in [2.24, 2.45) is 11.7 Å². The molecule has 0 unspecified atom stereocenters. The highest BCUT2D eigenvalue weighted by molar-refractivity contribution is 5.36. The fourth-order valence-corrected chi connectivity index (χ4v) is 5.26. The van der Waals surface area contributed by atoms with Crippen molar-refractivity contribution in [2.75, 3.05) is 0 Å². The number of nitrogens with two attached hydrogens (primary N) is 1. The van der Waals surface area contributed by atoms with Gasteiger partial charge in [-0.1, -0.05) is 56.0 Å². The van der Waals surface area contributed by atoms with Crippen molar-refractivity contribution in [1.82, 2.24) is 0 Å². The molecule has 27 heavy (non-hydrogen) atoms. The van der Waals surface area contributed by atoms with Gasteiger partial charge in [0.25, 0.3) is 0 Å². The molecule has 0 aromatic heterocycles. The number of fused-ring (bicyclic) bond motifs is 1. The molecule has 3 rings (SSSR count). The van der Waals surface area contributed by atoms with Gasteiger partial charge < -0.3 is 5.73 Å². The number of hydrogen-bond donors (Lipinski definition) is 1. The summed E-state index contributed by atoms with van der Waals surface area (Å²) in [5, 5.41) is 0. The van der Waals surface area contributed by atoms with Gasteiger partial charge in [0.15, 0.2) is 0 Å². The van der Waals surface area contributed by atoms with Crippen LogP contribution in [0.1, 0.15) is 108 Å². The molecule has 1 saturated carbocycles. The van der Waals surface area contributed by atoms with Crippen LogP contribution in [0, 0.1) is 5.92 Å². The SMILES string of the molecule is CC[C@@]1(N)CC[C@H](c2ccc3c(c2)CC[C@@H](CCCCCC=C(C)C)C3)C1. The van der Waals surface area contributed by atoms with E-state index in [1.807, 2.05) is 0 Å². The highest BCUT2D eigenvalue weighted by Gasteiger charge is 2.35. The van der Waals surface area contributed by atoms with Crippen molar-refractivity contribution >= 4 is 0 Å². The second kappa shape index (κ2) is 9.41. The van der Waals surface area contributed by atoms with E-state index in [9.17, 15) is 0 Å². The number of rotatable bonds is 8. The molecule has 1 fully saturated rings. The number of hydrogen-bond acceptors (Lipinski definition) is 1. The Balaban J connectivity index is 1.47. The van der Waals surface area contributed by atoms with Crippen LogP contribution < -0.4 is 5.73 Å². The maximum Gasteiger partial charge on any atom is 0.0157 e. The highest BCUT2D eigenvalue weighted by atomic mass is 14.8. The lowest BCUT2D eigenvalue weighted by molar-refractivity contribution is 0.406. The zero-order valence-electron chi connectivity index (χ0n) is 18.0. The topological polar surface area (TPSA) is 26.0 Å². The monoisotopic (exact) mass is 367 g/mol. The summed E-state index contributed by atoms with van der Waals surface area (Å²) in [7, 11) is 0. The minimum atomic E-state index is 0.0945. The smallest absolute Gasteiger partial charge is 0.0157 e. The van der Waals surface area contributed by atoms with E-state index in [0.29, 0.717) is 5.92 Å². The second-order valence-electron chi connectivity index (χ2n) is 9.71. The molecule has 0 amide bonds. The molecule has 1 aromatic carbocycles. The first kappa shape index (κ1) is 20.6. The minimum Gasteiger partial charge on any atom is -0.325 e. The molecule has 2 N–H and O–H groups in total.